The molecule has 0 saturated carbocycles. The van der Waals surface area contributed by atoms with Crippen LogP contribution in [0.2, 0.25) is 0 Å². The maximum atomic E-state index is 12.8. The minimum atomic E-state index is -0.535. The molecular weight excluding hydrogens is 328 g/mol. The highest BCUT2D eigenvalue weighted by atomic mass is 16.5. The molecule has 2 atom stereocenters. The lowest BCUT2D eigenvalue weighted by molar-refractivity contribution is 0.374. The molecule has 0 fully saturated rings. The van der Waals surface area contributed by atoms with Gasteiger partial charge in [-0.2, -0.15) is 5.26 Å². The van der Waals surface area contributed by atoms with Crippen LogP contribution in [0.25, 0.3) is 11.0 Å². The Morgan fingerprint density at radius 1 is 1.12 bits per heavy atom. The number of hydrogen-bond acceptors (Lipinski definition) is 5. The third kappa shape index (κ3) is 2.35. The normalized spacial score (nSPS) is 17.3. The third-order valence-corrected chi connectivity index (χ3v) is 4.84. The van der Waals surface area contributed by atoms with Crippen LogP contribution in [-0.4, -0.2) is 0 Å². The zero-order chi connectivity index (χ0) is 18.3. The second kappa shape index (κ2) is 6.08. The molecule has 0 aliphatic carbocycles. The highest BCUT2D eigenvalue weighted by molar-refractivity contribution is 5.85. The molecule has 5 heteroatoms. The Bertz CT molecular complexity index is 1120. The fourth-order valence-corrected chi connectivity index (χ4v) is 3.55. The average Bonchev–Trinajstić information content (AvgIpc) is 2.67. The number of para-hydroxylation sites is 1. The third-order valence-electron chi connectivity index (χ3n) is 4.84. The molecule has 0 radical (unpaired) electrons. The minimum Gasteiger partial charge on any atom is -0.439 e. The fourth-order valence-electron chi connectivity index (χ4n) is 3.55. The summed E-state index contributed by atoms with van der Waals surface area (Å²) in [7, 11) is 0. The van der Waals surface area contributed by atoms with Crippen LogP contribution in [0.15, 0.2) is 75.3 Å². The van der Waals surface area contributed by atoms with E-state index in [0.717, 1.165) is 5.56 Å². The maximum Gasteiger partial charge on any atom is 0.343 e. The zero-order valence-electron chi connectivity index (χ0n) is 14.1. The van der Waals surface area contributed by atoms with Crippen molar-refractivity contribution in [3.8, 4) is 11.8 Å². The van der Waals surface area contributed by atoms with Gasteiger partial charge in [0.15, 0.2) is 5.75 Å². The smallest absolute Gasteiger partial charge is 0.343 e. The van der Waals surface area contributed by atoms with E-state index in [4.69, 9.17) is 14.9 Å². The number of nitrogens with two attached hydrogens (primary N) is 1. The van der Waals surface area contributed by atoms with Gasteiger partial charge >= 0.3 is 5.63 Å². The molecular formula is C21H16N2O3. The molecule has 128 valence electrons. The number of nitriles is 1. The fraction of sp³-hybridized carbons (Fsp3) is 0.143. The van der Waals surface area contributed by atoms with E-state index >= 15 is 0 Å². The zero-order valence-corrected chi connectivity index (χ0v) is 14.1. The molecule has 3 aromatic rings. The van der Waals surface area contributed by atoms with Crippen molar-refractivity contribution in [3.63, 3.8) is 0 Å². The Balaban J connectivity index is 2.01. The van der Waals surface area contributed by atoms with Crippen molar-refractivity contribution in [1.29, 1.82) is 5.26 Å². The molecule has 0 spiro atoms. The molecule has 4 rings (SSSR count). The van der Waals surface area contributed by atoms with Crippen LogP contribution in [0.1, 0.15) is 29.9 Å². The molecule has 5 nitrogen and oxygen atoms in total. The van der Waals surface area contributed by atoms with Gasteiger partial charge in [0.1, 0.15) is 11.7 Å². The van der Waals surface area contributed by atoms with Gasteiger partial charge < -0.3 is 14.9 Å². The second-order valence-electron chi connectivity index (χ2n) is 6.30. The van der Waals surface area contributed by atoms with Crippen LogP contribution >= 0.6 is 0 Å². The van der Waals surface area contributed by atoms with Gasteiger partial charge in [-0.1, -0.05) is 49.4 Å². The van der Waals surface area contributed by atoms with Crippen LogP contribution in [-0.2, 0) is 0 Å². The first kappa shape index (κ1) is 16.0. The van der Waals surface area contributed by atoms with Gasteiger partial charge in [0.05, 0.1) is 16.5 Å². The number of ether oxygens (including phenoxy) is 1. The molecule has 2 heterocycles. The molecule has 0 bridgehead atoms. The number of allylic oxidation sites excluding steroid dienone is 1. The Kier molecular flexibility index (Phi) is 3.74. The van der Waals surface area contributed by atoms with Crippen molar-refractivity contribution in [3.05, 3.63) is 87.6 Å². The highest BCUT2D eigenvalue weighted by Gasteiger charge is 2.38. The molecule has 1 aliphatic heterocycles. The van der Waals surface area contributed by atoms with Crippen molar-refractivity contribution in [2.75, 3.05) is 0 Å². The van der Waals surface area contributed by atoms with E-state index in [9.17, 15) is 10.1 Å². The largest absolute Gasteiger partial charge is 0.439 e. The summed E-state index contributed by atoms with van der Waals surface area (Å²) in [6, 6.07) is 19.0. The Labute approximate surface area is 149 Å². The Morgan fingerprint density at radius 3 is 2.54 bits per heavy atom. The van der Waals surface area contributed by atoms with E-state index in [-0.39, 0.29) is 17.4 Å². The molecule has 2 N–H and O–H groups in total. The Hall–Kier alpha value is -3.52. The molecule has 0 amide bonds. The molecule has 26 heavy (non-hydrogen) atoms. The number of benzene rings is 2. The van der Waals surface area contributed by atoms with Gasteiger partial charge in [0.25, 0.3) is 0 Å². The minimum absolute atomic E-state index is 0.0311. The quantitative estimate of drug-likeness (QED) is 0.715. The van der Waals surface area contributed by atoms with E-state index in [1.54, 1.807) is 12.1 Å². The predicted octanol–water partition coefficient (Wildman–Crippen LogP) is 3.77. The first-order chi connectivity index (χ1) is 12.6. The van der Waals surface area contributed by atoms with Gasteiger partial charge in [-0.3, -0.25) is 0 Å². The van der Waals surface area contributed by atoms with Gasteiger partial charge in [0.2, 0.25) is 5.88 Å². The summed E-state index contributed by atoms with van der Waals surface area (Å²) in [5.74, 6) is -0.284. The predicted molar refractivity (Wildman–Crippen MR) is 97.5 cm³/mol. The number of hydrogen-bond donors (Lipinski definition) is 1. The van der Waals surface area contributed by atoms with Gasteiger partial charge in [-0.25, -0.2) is 4.79 Å². The van der Waals surface area contributed by atoms with Crippen LogP contribution in [0, 0.1) is 11.3 Å². The van der Waals surface area contributed by atoms with Gasteiger partial charge in [-0.15, -0.1) is 0 Å². The summed E-state index contributed by atoms with van der Waals surface area (Å²) in [4.78, 5) is 12.8. The molecule has 1 aliphatic rings. The summed E-state index contributed by atoms with van der Waals surface area (Å²) >= 11 is 0. The summed E-state index contributed by atoms with van der Waals surface area (Å²) in [5, 5.41) is 10.3. The van der Waals surface area contributed by atoms with E-state index in [2.05, 4.69) is 6.07 Å². The first-order valence-corrected chi connectivity index (χ1v) is 8.30. The number of rotatable bonds is 2. The summed E-state index contributed by atoms with van der Waals surface area (Å²) in [6.07, 6.45) is 0. The van der Waals surface area contributed by atoms with Crippen molar-refractivity contribution in [2.24, 2.45) is 5.73 Å². The average molecular weight is 344 g/mol. The molecule has 2 aromatic carbocycles. The van der Waals surface area contributed by atoms with Gasteiger partial charge in [-0.05, 0) is 23.6 Å². The monoisotopic (exact) mass is 344 g/mol. The summed E-state index contributed by atoms with van der Waals surface area (Å²) in [6.45, 7) is 1.97. The SMILES string of the molecule is C[C@@H](c1ccccc1)[C@@H]1C(C#N)=C(N)Oc2c1c(=O)oc1ccccc21. The molecule has 0 saturated heterocycles. The summed E-state index contributed by atoms with van der Waals surface area (Å²) in [5.41, 5.74) is 7.56. The lowest BCUT2D eigenvalue weighted by Gasteiger charge is -2.29. The van der Waals surface area contributed by atoms with E-state index in [1.807, 2.05) is 49.4 Å². The van der Waals surface area contributed by atoms with Crippen molar-refractivity contribution >= 4 is 11.0 Å². The molecule has 0 unspecified atom stereocenters. The van der Waals surface area contributed by atoms with Crippen LogP contribution in [0.3, 0.4) is 0 Å². The van der Waals surface area contributed by atoms with Crippen molar-refractivity contribution in [1.82, 2.24) is 0 Å². The standard InChI is InChI=1S/C21H16N2O3/c1-12(13-7-3-2-4-8-13)17-15(11-22)20(23)26-19-14-9-5-6-10-16(14)25-21(24)18(17)19/h2-10,12,17H,23H2,1H3/t12-,17+/m0/s1. The first-order valence-electron chi connectivity index (χ1n) is 8.30. The van der Waals surface area contributed by atoms with E-state index in [0.29, 0.717) is 22.3 Å². The number of nitrogens with zero attached hydrogens (tertiary/aromatic N) is 1. The second-order valence-corrected chi connectivity index (χ2v) is 6.30. The van der Waals surface area contributed by atoms with E-state index in [1.165, 1.54) is 0 Å². The maximum absolute atomic E-state index is 12.8. The lowest BCUT2D eigenvalue weighted by atomic mass is 9.77. The highest BCUT2D eigenvalue weighted by Crippen LogP contribution is 2.46. The van der Waals surface area contributed by atoms with Gasteiger partial charge in [0, 0.05) is 5.92 Å². The van der Waals surface area contributed by atoms with Crippen molar-refractivity contribution in [2.45, 2.75) is 18.8 Å². The molecule has 1 aromatic heterocycles. The lowest BCUT2D eigenvalue weighted by Crippen LogP contribution is -2.28. The summed E-state index contributed by atoms with van der Waals surface area (Å²) < 4.78 is 11.2. The van der Waals surface area contributed by atoms with Crippen LogP contribution < -0.4 is 16.1 Å². The topological polar surface area (TPSA) is 89.3 Å². The van der Waals surface area contributed by atoms with E-state index < -0.39 is 11.5 Å². The van der Waals surface area contributed by atoms with Crippen LogP contribution in [0.5, 0.6) is 5.75 Å². The van der Waals surface area contributed by atoms with Crippen molar-refractivity contribution < 1.29 is 9.15 Å². The Morgan fingerprint density at radius 2 is 1.81 bits per heavy atom. The number of fused-ring (bicyclic) bond motifs is 3. The van der Waals surface area contributed by atoms with Crippen LogP contribution in [0.4, 0.5) is 0 Å².